The molecule has 3 fully saturated rings. The van der Waals surface area contributed by atoms with Crippen LogP contribution in [0.15, 0.2) is 36.9 Å². The van der Waals surface area contributed by atoms with Crippen LogP contribution in [-0.4, -0.2) is 139 Å². The first-order chi connectivity index (χ1) is 26.5. The summed E-state index contributed by atoms with van der Waals surface area (Å²) in [4.78, 5) is 27.5. The van der Waals surface area contributed by atoms with E-state index in [1.807, 2.05) is 6.07 Å². The zero-order valence-electron chi connectivity index (χ0n) is 31.5. The smallest absolute Gasteiger partial charge is 0.358 e. The van der Waals surface area contributed by atoms with Crippen LogP contribution in [0.4, 0.5) is 17.5 Å². The van der Waals surface area contributed by atoms with Gasteiger partial charge in [0.05, 0.1) is 74.4 Å². The Bertz CT molecular complexity index is 2090. The van der Waals surface area contributed by atoms with Gasteiger partial charge in [0.15, 0.2) is 5.75 Å². The zero-order chi connectivity index (χ0) is 38.5. The van der Waals surface area contributed by atoms with Crippen molar-refractivity contribution in [3.05, 3.63) is 58.6 Å². The van der Waals surface area contributed by atoms with Crippen molar-refractivity contribution < 1.29 is 22.6 Å². The lowest BCUT2D eigenvalue weighted by molar-refractivity contribution is 0.122. The van der Waals surface area contributed by atoms with E-state index in [0.717, 1.165) is 69.0 Å². The molecule has 7 rings (SSSR count). The van der Waals surface area contributed by atoms with Gasteiger partial charge in [-0.05, 0) is 38.8 Å². The third-order valence-corrected chi connectivity index (χ3v) is 11.6. The average Bonchev–Trinajstić information content (AvgIpc) is 3.55. The second-order valence-corrected chi connectivity index (χ2v) is 16.2. The Hall–Kier alpha value is -4.92. The number of sulfonamides is 1. The van der Waals surface area contributed by atoms with Crippen LogP contribution in [0, 0.1) is 10.4 Å². The summed E-state index contributed by atoms with van der Waals surface area (Å²) in [6.45, 7) is 8.05. The van der Waals surface area contributed by atoms with Crippen molar-refractivity contribution in [1.82, 2.24) is 44.2 Å². The highest BCUT2D eigenvalue weighted by molar-refractivity contribution is 7.92. The number of morpholine rings is 1. The molecule has 0 atom stereocenters. The van der Waals surface area contributed by atoms with Gasteiger partial charge in [-0.1, -0.05) is 0 Å². The lowest BCUT2D eigenvalue weighted by atomic mass is 9.93. The number of imidazole rings is 1. The molecular formula is C35H49N12O7S-. The summed E-state index contributed by atoms with van der Waals surface area (Å²) in [6, 6.07) is 3.75. The Kier molecular flexibility index (Phi) is 11.7. The molecule has 0 spiro atoms. The maximum atomic E-state index is 13.1. The first-order valence-corrected chi connectivity index (χ1v) is 20.5. The van der Waals surface area contributed by atoms with Gasteiger partial charge < -0.3 is 39.7 Å². The molecule has 55 heavy (non-hydrogen) atoms. The molecule has 1 aliphatic carbocycles. The minimum atomic E-state index is -3.84. The SMILES string of the molecule is CN1CCN(CCOc2cnc(NC3CCC(Oc4nc(N5CCOCC5)cc5ncc(N(Cc6c[nH]c(=[N+]([O-])[O-])n6C)S(C)(=O)=O)cc45)CC3)nc2)CC1. The van der Waals surface area contributed by atoms with Crippen molar-refractivity contribution in [3.63, 3.8) is 0 Å². The molecule has 4 aromatic rings. The van der Waals surface area contributed by atoms with E-state index in [9.17, 15) is 18.8 Å². The van der Waals surface area contributed by atoms with Crippen LogP contribution in [0.5, 0.6) is 11.6 Å². The molecule has 0 unspecified atom stereocenters. The Morgan fingerprint density at radius 1 is 1.00 bits per heavy atom. The predicted molar refractivity (Wildman–Crippen MR) is 207 cm³/mol. The minimum absolute atomic E-state index is 0.139. The average molecular weight is 782 g/mol. The van der Waals surface area contributed by atoms with Gasteiger partial charge in [0.2, 0.25) is 21.9 Å². The third kappa shape index (κ3) is 9.49. The number of hydrogen-bond acceptors (Lipinski definition) is 15. The van der Waals surface area contributed by atoms with Gasteiger partial charge in [0.1, 0.15) is 24.2 Å². The van der Waals surface area contributed by atoms with Crippen molar-refractivity contribution in [3.8, 4) is 11.6 Å². The molecule has 6 heterocycles. The molecule has 19 nitrogen and oxygen atoms in total. The first kappa shape index (κ1) is 38.4. The molecule has 2 aliphatic heterocycles. The van der Waals surface area contributed by atoms with E-state index in [2.05, 4.69) is 47.0 Å². The number of anilines is 3. The van der Waals surface area contributed by atoms with Crippen LogP contribution >= 0.6 is 0 Å². The van der Waals surface area contributed by atoms with Crippen molar-refractivity contribution >= 4 is 38.4 Å². The van der Waals surface area contributed by atoms with Crippen LogP contribution < -0.4 is 34.5 Å². The normalized spacial score (nSPS) is 20.0. The highest BCUT2D eigenvalue weighted by atomic mass is 32.2. The molecule has 2 saturated heterocycles. The Morgan fingerprint density at radius 3 is 2.40 bits per heavy atom. The second-order valence-electron chi connectivity index (χ2n) is 14.3. The molecule has 0 radical (unpaired) electrons. The molecule has 0 amide bonds. The van der Waals surface area contributed by atoms with Crippen molar-refractivity contribution in [2.24, 2.45) is 7.05 Å². The number of aromatic amines is 1. The number of nitrogens with one attached hydrogen (secondary N) is 2. The minimum Gasteiger partial charge on any atom is -0.744 e. The van der Waals surface area contributed by atoms with Gasteiger partial charge in [0.25, 0.3) is 0 Å². The molecular weight excluding hydrogens is 733 g/mol. The number of H-pyrrole nitrogens is 1. The van der Waals surface area contributed by atoms with E-state index in [-0.39, 0.29) is 30.0 Å². The number of likely N-dealkylation sites (N-methyl/N-ethyl adjacent to an activating group) is 1. The molecule has 2 N–H and O–H groups in total. The fraction of sp³-hybridized carbons (Fsp3) is 0.571. The number of aromatic nitrogens is 6. The van der Waals surface area contributed by atoms with E-state index >= 15 is 0 Å². The number of fused-ring (bicyclic) bond motifs is 1. The summed E-state index contributed by atoms with van der Waals surface area (Å²) in [5.74, 6) is 2.28. The van der Waals surface area contributed by atoms with Gasteiger partial charge in [-0.3, -0.25) is 19.1 Å². The lowest BCUT2D eigenvalue weighted by Gasteiger charge is -2.32. The fourth-order valence-electron chi connectivity index (χ4n) is 7.10. The van der Waals surface area contributed by atoms with Crippen LogP contribution in [0.2, 0.25) is 0 Å². The van der Waals surface area contributed by atoms with Gasteiger partial charge >= 0.3 is 5.62 Å². The number of piperazine rings is 1. The largest absolute Gasteiger partial charge is 0.744 e. The van der Waals surface area contributed by atoms with Crippen LogP contribution in [0.3, 0.4) is 0 Å². The highest BCUT2D eigenvalue weighted by Gasteiger charge is 2.27. The quantitative estimate of drug-likeness (QED) is 0.182. The standard InChI is InChI=1S/C35H49N12O7S/c1-42-8-10-44(11-9-42)12-17-53-29-22-37-34(38-23-29)40-25-4-6-28(7-5-25)54-33-30-18-26(20-36-31(30)19-32(41-33)45-13-15-52-16-14-45)46(55(3,50)51)24-27-21-39-35(43(27)2)47(48)49/h18-23,25,28,39H,4-17,24H2,1-3H3,(H-,37,38,40,48,49)/q-1. The predicted octanol–water partition coefficient (Wildman–Crippen LogP) is 1.09. The van der Waals surface area contributed by atoms with E-state index < -0.39 is 14.9 Å². The van der Waals surface area contributed by atoms with E-state index in [1.54, 1.807) is 18.5 Å². The zero-order valence-corrected chi connectivity index (χ0v) is 32.3. The number of ether oxygens (including phenoxy) is 3. The van der Waals surface area contributed by atoms with Crippen molar-refractivity contribution in [1.29, 1.82) is 0 Å². The molecule has 1 saturated carbocycles. The summed E-state index contributed by atoms with van der Waals surface area (Å²) >= 11 is 0. The molecule has 3 aliphatic rings. The Balaban J connectivity index is 1.03. The molecule has 4 aromatic heterocycles. The van der Waals surface area contributed by atoms with Crippen molar-refractivity contribution in [2.75, 3.05) is 93.5 Å². The maximum absolute atomic E-state index is 13.1. The second kappa shape index (κ2) is 16.8. The van der Waals surface area contributed by atoms with Gasteiger partial charge in [0, 0.05) is 57.9 Å². The Labute approximate surface area is 319 Å². The number of pyridine rings is 2. The molecule has 298 valence electrons. The van der Waals surface area contributed by atoms with Gasteiger partial charge in [-0.15, -0.1) is 0 Å². The maximum Gasteiger partial charge on any atom is 0.358 e. The topological polar surface area (TPSA) is 208 Å². The first-order valence-electron chi connectivity index (χ1n) is 18.6. The summed E-state index contributed by atoms with van der Waals surface area (Å²) in [6.07, 6.45) is 10.4. The molecule has 20 heteroatoms. The summed E-state index contributed by atoms with van der Waals surface area (Å²) in [5, 5.41) is 26.9. The number of nitrogens with zero attached hydrogens (tertiary/aromatic N) is 10. The monoisotopic (exact) mass is 781 g/mol. The van der Waals surface area contributed by atoms with E-state index in [4.69, 9.17) is 19.2 Å². The number of hydrogen-bond donors (Lipinski definition) is 2. The Morgan fingerprint density at radius 2 is 1.73 bits per heavy atom. The van der Waals surface area contributed by atoms with Gasteiger partial charge in [-0.2, -0.15) is 4.98 Å². The van der Waals surface area contributed by atoms with Crippen LogP contribution in [-0.2, 0) is 28.4 Å². The van der Waals surface area contributed by atoms with Crippen molar-refractivity contribution in [2.45, 2.75) is 44.4 Å². The lowest BCUT2D eigenvalue weighted by Crippen LogP contribution is -2.45. The van der Waals surface area contributed by atoms with E-state index in [0.29, 0.717) is 72.9 Å². The van der Waals surface area contributed by atoms with Crippen LogP contribution in [0.1, 0.15) is 31.4 Å². The summed E-state index contributed by atoms with van der Waals surface area (Å²) < 4.78 is 46.8. The summed E-state index contributed by atoms with van der Waals surface area (Å²) in [7, 11) is -0.185. The van der Waals surface area contributed by atoms with E-state index in [1.165, 1.54) is 24.0 Å². The van der Waals surface area contributed by atoms with Crippen LogP contribution in [0.25, 0.3) is 10.9 Å². The summed E-state index contributed by atoms with van der Waals surface area (Å²) in [5.41, 5.74) is 1.02. The molecule has 0 aromatic carbocycles. The fourth-order valence-corrected chi connectivity index (χ4v) is 7.95. The highest BCUT2D eigenvalue weighted by Crippen LogP contribution is 2.34. The number of rotatable bonds is 13. The molecule has 0 bridgehead atoms. The third-order valence-electron chi connectivity index (χ3n) is 10.4. The van der Waals surface area contributed by atoms with Gasteiger partial charge in [-0.25, -0.2) is 27.9 Å².